The van der Waals surface area contributed by atoms with Gasteiger partial charge in [-0.3, -0.25) is 0 Å². The molecule has 0 amide bonds. The standard InChI is InChI=1S/C14H23BO2/c1-13(2,3)11-8-7-10(15(16)17)9-12(11)14(4,5)6/h7-9,16-17H,1-6H3. The first-order valence-electron chi connectivity index (χ1n) is 6.04. The predicted molar refractivity (Wildman–Crippen MR) is 73.7 cm³/mol. The molecule has 0 saturated heterocycles. The van der Waals surface area contributed by atoms with Crippen LogP contribution in [0.15, 0.2) is 18.2 Å². The Bertz CT molecular complexity index is 398. The van der Waals surface area contributed by atoms with Crippen molar-refractivity contribution < 1.29 is 10.0 Å². The molecule has 2 nitrogen and oxygen atoms in total. The minimum Gasteiger partial charge on any atom is -0.423 e. The second-order valence-corrected chi connectivity index (χ2v) is 6.68. The molecule has 0 fully saturated rings. The Morgan fingerprint density at radius 3 is 1.65 bits per heavy atom. The van der Waals surface area contributed by atoms with E-state index >= 15 is 0 Å². The maximum absolute atomic E-state index is 9.26. The zero-order chi connectivity index (χ0) is 13.4. The van der Waals surface area contributed by atoms with Crippen LogP contribution in [0.25, 0.3) is 0 Å². The number of hydrogen-bond acceptors (Lipinski definition) is 2. The first-order chi connectivity index (χ1) is 7.53. The summed E-state index contributed by atoms with van der Waals surface area (Å²) < 4.78 is 0. The average Bonchev–Trinajstić information content (AvgIpc) is 2.14. The maximum Gasteiger partial charge on any atom is 0.488 e. The third-order valence-electron chi connectivity index (χ3n) is 2.96. The molecule has 0 aromatic heterocycles. The molecule has 17 heavy (non-hydrogen) atoms. The summed E-state index contributed by atoms with van der Waals surface area (Å²) in [5, 5.41) is 18.5. The second kappa shape index (κ2) is 4.47. The highest BCUT2D eigenvalue weighted by molar-refractivity contribution is 6.58. The van der Waals surface area contributed by atoms with Gasteiger partial charge >= 0.3 is 7.12 Å². The summed E-state index contributed by atoms with van der Waals surface area (Å²) in [5.41, 5.74) is 3.04. The molecule has 0 saturated carbocycles. The minimum absolute atomic E-state index is 0.00644. The van der Waals surface area contributed by atoms with E-state index in [2.05, 4.69) is 41.5 Å². The summed E-state index contributed by atoms with van der Waals surface area (Å²) >= 11 is 0. The van der Waals surface area contributed by atoms with E-state index in [1.807, 2.05) is 12.1 Å². The minimum atomic E-state index is -1.40. The van der Waals surface area contributed by atoms with Crippen molar-refractivity contribution in [3.63, 3.8) is 0 Å². The van der Waals surface area contributed by atoms with Crippen molar-refractivity contribution in [1.82, 2.24) is 0 Å². The van der Waals surface area contributed by atoms with Crippen molar-refractivity contribution in [2.75, 3.05) is 0 Å². The lowest BCUT2D eigenvalue weighted by molar-refractivity contribution is 0.425. The zero-order valence-corrected chi connectivity index (χ0v) is 11.7. The van der Waals surface area contributed by atoms with Crippen molar-refractivity contribution in [1.29, 1.82) is 0 Å². The highest BCUT2D eigenvalue weighted by atomic mass is 16.4. The fraction of sp³-hybridized carbons (Fsp3) is 0.571. The highest BCUT2D eigenvalue weighted by Gasteiger charge is 2.26. The quantitative estimate of drug-likeness (QED) is 0.729. The van der Waals surface area contributed by atoms with Crippen LogP contribution in [-0.2, 0) is 10.8 Å². The third kappa shape index (κ3) is 3.33. The molecule has 94 valence electrons. The molecule has 3 heteroatoms. The molecule has 0 atom stereocenters. The van der Waals surface area contributed by atoms with Crippen LogP contribution in [0.3, 0.4) is 0 Å². The van der Waals surface area contributed by atoms with Gasteiger partial charge < -0.3 is 10.0 Å². The first-order valence-corrected chi connectivity index (χ1v) is 6.04. The Labute approximate surface area is 105 Å². The summed E-state index contributed by atoms with van der Waals surface area (Å²) in [6.07, 6.45) is 0. The third-order valence-corrected chi connectivity index (χ3v) is 2.96. The smallest absolute Gasteiger partial charge is 0.423 e. The van der Waals surface area contributed by atoms with Crippen molar-refractivity contribution in [3.8, 4) is 0 Å². The van der Waals surface area contributed by atoms with E-state index in [9.17, 15) is 10.0 Å². The van der Waals surface area contributed by atoms with Crippen LogP contribution < -0.4 is 5.46 Å². The largest absolute Gasteiger partial charge is 0.488 e. The maximum atomic E-state index is 9.26. The summed E-state index contributed by atoms with van der Waals surface area (Å²) in [6.45, 7) is 13.0. The molecule has 0 aliphatic heterocycles. The SMILES string of the molecule is CC(C)(C)c1ccc(B(O)O)cc1C(C)(C)C. The molecule has 1 aromatic carbocycles. The second-order valence-electron chi connectivity index (χ2n) is 6.68. The summed E-state index contributed by atoms with van der Waals surface area (Å²) in [4.78, 5) is 0. The summed E-state index contributed by atoms with van der Waals surface area (Å²) in [5.74, 6) is 0. The van der Waals surface area contributed by atoms with Crippen molar-refractivity contribution in [2.24, 2.45) is 0 Å². The fourth-order valence-electron chi connectivity index (χ4n) is 2.00. The van der Waals surface area contributed by atoms with Gasteiger partial charge in [-0.25, -0.2) is 0 Å². The summed E-state index contributed by atoms with van der Waals surface area (Å²) in [7, 11) is -1.40. The number of benzene rings is 1. The van der Waals surface area contributed by atoms with Crippen molar-refractivity contribution in [3.05, 3.63) is 29.3 Å². The van der Waals surface area contributed by atoms with E-state index in [4.69, 9.17) is 0 Å². The van der Waals surface area contributed by atoms with Crippen LogP contribution in [0, 0.1) is 0 Å². The molecule has 0 bridgehead atoms. The van der Waals surface area contributed by atoms with Gasteiger partial charge in [0.2, 0.25) is 0 Å². The lowest BCUT2D eigenvalue weighted by Gasteiger charge is -2.30. The van der Waals surface area contributed by atoms with E-state index < -0.39 is 7.12 Å². The van der Waals surface area contributed by atoms with Crippen LogP contribution >= 0.6 is 0 Å². The topological polar surface area (TPSA) is 40.5 Å². The van der Waals surface area contributed by atoms with Crippen LogP contribution in [0.5, 0.6) is 0 Å². The molecular formula is C14H23BO2. The van der Waals surface area contributed by atoms with Crippen LogP contribution in [0.1, 0.15) is 52.7 Å². The molecule has 2 N–H and O–H groups in total. The van der Waals surface area contributed by atoms with Crippen LogP contribution in [-0.4, -0.2) is 17.2 Å². The van der Waals surface area contributed by atoms with Crippen molar-refractivity contribution in [2.45, 2.75) is 52.4 Å². The van der Waals surface area contributed by atoms with Gasteiger partial charge in [-0.15, -0.1) is 0 Å². The van der Waals surface area contributed by atoms with Crippen molar-refractivity contribution >= 4 is 12.6 Å². The van der Waals surface area contributed by atoms with E-state index in [1.165, 1.54) is 11.1 Å². The number of hydrogen-bond donors (Lipinski definition) is 2. The van der Waals surface area contributed by atoms with E-state index in [0.29, 0.717) is 5.46 Å². The Morgan fingerprint density at radius 1 is 0.824 bits per heavy atom. The lowest BCUT2D eigenvalue weighted by Crippen LogP contribution is -2.33. The molecule has 0 aliphatic rings. The lowest BCUT2D eigenvalue weighted by atomic mass is 9.70. The van der Waals surface area contributed by atoms with E-state index in [-0.39, 0.29) is 10.8 Å². The van der Waals surface area contributed by atoms with Gasteiger partial charge in [0, 0.05) is 0 Å². The zero-order valence-electron chi connectivity index (χ0n) is 11.7. The Kier molecular flexibility index (Phi) is 3.75. The molecule has 0 aliphatic carbocycles. The molecule has 0 heterocycles. The Hall–Kier alpha value is -0.795. The fourth-order valence-corrected chi connectivity index (χ4v) is 2.00. The monoisotopic (exact) mass is 234 g/mol. The molecule has 0 radical (unpaired) electrons. The van der Waals surface area contributed by atoms with Gasteiger partial charge in [0.1, 0.15) is 0 Å². The van der Waals surface area contributed by atoms with Gasteiger partial charge in [0.15, 0.2) is 0 Å². The van der Waals surface area contributed by atoms with Gasteiger partial charge in [-0.1, -0.05) is 59.7 Å². The predicted octanol–water partition coefficient (Wildman–Crippen LogP) is 1.96. The molecule has 0 spiro atoms. The van der Waals surface area contributed by atoms with Crippen LogP contribution in [0.4, 0.5) is 0 Å². The van der Waals surface area contributed by atoms with Gasteiger partial charge in [-0.05, 0) is 27.4 Å². The molecule has 0 unspecified atom stereocenters. The summed E-state index contributed by atoms with van der Waals surface area (Å²) in [6, 6.07) is 5.71. The van der Waals surface area contributed by atoms with Gasteiger partial charge in [-0.2, -0.15) is 0 Å². The van der Waals surface area contributed by atoms with E-state index in [0.717, 1.165) is 0 Å². The highest BCUT2D eigenvalue weighted by Crippen LogP contribution is 2.32. The molecule has 1 aromatic rings. The Balaban J connectivity index is 3.43. The molecular weight excluding hydrogens is 211 g/mol. The van der Waals surface area contributed by atoms with Crippen LogP contribution in [0.2, 0.25) is 0 Å². The first kappa shape index (κ1) is 14.3. The molecule has 1 rings (SSSR count). The van der Waals surface area contributed by atoms with Gasteiger partial charge in [0.05, 0.1) is 0 Å². The normalized spacial score (nSPS) is 12.7. The number of rotatable bonds is 1. The Morgan fingerprint density at radius 2 is 1.29 bits per heavy atom. The van der Waals surface area contributed by atoms with E-state index in [1.54, 1.807) is 6.07 Å². The average molecular weight is 234 g/mol. The van der Waals surface area contributed by atoms with Gasteiger partial charge in [0.25, 0.3) is 0 Å².